The Kier molecular flexibility index (Phi) is 3.77. The summed E-state index contributed by atoms with van der Waals surface area (Å²) in [7, 11) is 0. The van der Waals surface area contributed by atoms with Crippen LogP contribution in [0, 0.1) is 17.8 Å². The van der Waals surface area contributed by atoms with Crippen molar-refractivity contribution in [2.24, 2.45) is 17.8 Å². The molecule has 6 atom stereocenters. The molecule has 0 spiro atoms. The smallest absolute Gasteiger partial charge is 0.311 e. The first kappa shape index (κ1) is 14.3. The Morgan fingerprint density at radius 1 is 1.20 bits per heavy atom. The van der Waals surface area contributed by atoms with E-state index >= 15 is 0 Å². The van der Waals surface area contributed by atoms with E-state index in [1.165, 1.54) is 0 Å². The molecule has 0 amide bonds. The molecule has 4 aliphatic heterocycles. The van der Waals surface area contributed by atoms with Crippen molar-refractivity contribution in [3.63, 3.8) is 0 Å². The third kappa shape index (κ3) is 2.59. The Balaban J connectivity index is 1.87. The molecule has 4 heterocycles. The number of hydrogen-bond acceptors (Lipinski definition) is 5. The highest BCUT2D eigenvalue weighted by Gasteiger charge is 2.52. The lowest BCUT2D eigenvalue weighted by Crippen LogP contribution is -2.58. The number of esters is 1. The van der Waals surface area contributed by atoms with Gasteiger partial charge in [-0.2, -0.15) is 0 Å². The summed E-state index contributed by atoms with van der Waals surface area (Å²) in [5, 5.41) is 0. The van der Waals surface area contributed by atoms with Gasteiger partial charge in [-0.25, -0.2) is 9.78 Å². The van der Waals surface area contributed by atoms with E-state index < -0.39 is 12.1 Å². The lowest BCUT2D eigenvalue weighted by molar-refractivity contribution is -0.529. The van der Waals surface area contributed by atoms with Crippen molar-refractivity contribution in [1.29, 1.82) is 0 Å². The summed E-state index contributed by atoms with van der Waals surface area (Å²) in [6.45, 7) is 6.03. The number of hydrogen-bond donors (Lipinski definition) is 0. The quantitative estimate of drug-likeness (QED) is 0.506. The SMILES string of the molecule is C[C@H]1CCC[C@]2(C)OO[C@@H]3[C@H](OC(=O)[C@H](C)[C@@H]3CC1)O2. The van der Waals surface area contributed by atoms with Gasteiger partial charge in [-0.15, -0.1) is 0 Å². The normalized spacial score (nSPS) is 49.4. The molecule has 4 fully saturated rings. The summed E-state index contributed by atoms with van der Waals surface area (Å²) in [6, 6.07) is 0. The summed E-state index contributed by atoms with van der Waals surface area (Å²) in [6.07, 6.45) is 4.03. The predicted molar refractivity (Wildman–Crippen MR) is 70.2 cm³/mol. The second-order valence-corrected chi connectivity index (χ2v) is 6.73. The fourth-order valence-corrected chi connectivity index (χ4v) is 3.49. The van der Waals surface area contributed by atoms with E-state index in [1.807, 2.05) is 13.8 Å². The Morgan fingerprint density at radius 3 is 2.80 bits per heavy atom. The Hall–Kier alpha value is -0.650. The lowest BCUT2D eigenvalue weighted by Gasteiger charge is -2.46. The van der Waals surface area contributed by atoms with E-state index in [9.17, 15) is 4.79 Å². The Labute approximate surface area is 119 Å². The van der Waals surface area contributed by atoms with Crippen LogP contribution in [0.25, 0.3) is 0 Å². The predicted octanol–water partition coefficient (Wildman–Crippen LogP) is 2.79. The van der Waals surface area contributed by atoms with Gasteiger partial charge in [-0.1, -0.05) is 26.7 Å². The molecular formula is C15H24O5. The molecule has 0 aromatic carbocycles. The van der Waals surface area contributed by atoms with Gasteiger partial charge in [0.05, 0.1) is 5.92 Å². The largest absolute Gasteiger partial charge is 0.432 e. The van der Waals surface area contributed by atoms with E-state index in [-0.39, 0.29) is 23.9 Å². The van der Waals surface area contributed by atoms with Crippen molar-refractivity contribution in [3.8, 4) is 0 Å². The van der Waals surface area contributed by atoms with Crippen LogP contribution in [-0.2, 0) is 24.0 Å². The third-order valence-corrected chi connectivity index (χ3v) is 4.96. The molecule has 0 aromatic heterocycles. The maximum atomic E-state index is 12.0. The van der Waals surface area contributed by atoms with Crippen molar-refractivity contribution in [2.45, 2.75) is 71.1 Å². The van der Waals surface area contributed by atoms with Crippen LogP contribution in [0.4, 0.5) is 0 Å². The van der Waals surface area contributed by atoms with E-state index in [0.29, 0.717) is 5.92 Å². The topological polar surface area (TPSA) is 54.0 Å². The summed E-state index contributed by atoms with van der Waals surface area (Å²) in [5.74, 6) is -0.404. The van der Waals surface area contributed by atoms with Crippen molar-refractivity contribution in [3.05, 3.63) is 0 Å². The van der Waals surface area contributed by atoms with Gasteiger partial charge in [0.1, 0.15) is 0 Å². The second kappa shape index (κ2) is 5.28. The Bertz CT molecular complexity index is 384. The average Bonchev–Trinajstić information content (AvgIpc) is 2.42. The molecule has 5 heteroatoms. The highest BCUT2D eigenvalue weighted by Crippen LogP contribution is 2.41. The van der Waals surface area contributed by atoms with Gasteiger partial charge >= 0.3 is 5.97 Å². The molecule has 0 radical (unpaired) electrons. The molecule has 0 saturated carbocycles. The fourth-order valence-electron chi connectivity index (χ4n) is 3.49. The lowest BCUT2D eigenvalue weighted by atomic mass is 9.81. The number of fused-ring (bicyclic) bond motifs is 6. The molecule has 5 nitrogen and oxygen atoms in total. The minimum Gasteiger partial charge on any atom is -0.432 e. The molecule has 0 aliphatic carbocycles. The zero-order valence-corrected chi connectivity index (χ0v) is 12.5. The Morgan fingerprint density at radius 2 is 2.00 bits per heavy atom. The van der Waals surface area contributed by atoms with Gasteiger partial charge in [0, 0.05) is 12.3 Å². The summed E-state index contributed by atoms with van der Waals surface area (Å²) < 4.78 is 11.3. The van der Waals surface area contributed by atoms with Gasteiger partial charge in [-0.3, -0.25) is 4.79 Å². The molecule has 20 heavy (non-hydrogen) atoms. The maximum Gasteiger partial charge on any atom is 0.311 e. The minimum atomic E-state index is -0.809. The van der Waals surface area contributed by atoms with Gasteiger partial charge in [0.2, 0.25) is 12.1 Å². The molecule has 0 unspecified atom stereocenters. The van der Waals surface area contributed by atoms with Crippen molar-refractivity contribution in [1.82, 2.24) is 0 Å². The van der Waals surface area contributed by atoms with E-state index in [1.54, 1.807) is 0 Å². The molecule has 4 aliphatic rings. The van der Waals surface area contributed by atoms with Crippen LogP contribution in [0.15, 0.2) is 0 Å². The van der Waals surface area contributed by atoms with Crippen LogP contribution in [0.3, 0.4) is 0 Å². The highest BCUT2D eigenvalue weighted by molar-refractivity contribution is 5.73. The van der Waals surface area contributed by atoms with Crippen LogP contribution in [-0.4, -0.2) is 24.2 Å². The number of carbonyl (C=O) groups excluding carboxylic acids is 1. The van der Waals surface area contributed by atoms with Crippen molar-refractivity contribution in [2.75, 3.05) is 0 Å². The summed E-state index contributed by atoms with van der Waals surface area (Å²) in [5.41, 5.74) is 0. The summed E-state index contributed by atoms with van der Waals surface area (Å²) in [4.78, 5) is 23.1. The number of ether oxygens (including phenoxy) is 2. The fraction of sp³-hybridized carbons (Fsp3) is 0.933. The first-order chi connectivity index (χ1) is 9.48. The minimum absolute atomic E-state index is 0.103. The molecule has 4 rings (SSSR count). The molecule has 114 valence electrons. The van der Waals surface area contributed by atoms with Gasteiger partial charge in [0.15, 0.2) is 6.10 Å². The van der Waals surface area contributed by atoms with E-state index in [2.05, 4.69) is 6.92 Å². The average molecular weight is 284 g/mol. The molecule has 0 N–H and O–H groups in total. The zero-order chi connectivity index (χ0) is 14.3. The van der Waals surface area contributed by atoms with Crippen molar-refractivity contribution >= 4 is 5.97 Å². The van der Waals surface area contributed by atoms with Gasteiger partial charge < -0.3 is 9.47 Å². The number of rotatable bonds is 0. The molecule has 4 bridgehead atoms. The monoisotopic (exact) mass is 284 g/mol. The van der Waals surface area contributed by atoms with Gasteiger partial charge in [-0.05, 0) is 25.7 Å². The third-order valence-electron chi connectivity index (χ3n) is 4.96. The van der Waals surface area contributed by atoms with E-state index in [0.717, 1.165) is 32.1 Å². The van der Waals surface area contributed by atoms with Crippen LogP contribution in [0.1, 0.15) is 52.9 Å². The zero-order valence-electron chi connectivity index (χ0n) is 12.5. The standard InChI is InChI=1S/C15H24O5/c1-9-5-4-8-15(3)18-14-12(19-20-15)11(7-6-9)10(2)13(16)17-14/h9-12,14H,4-8H2,1-3H3/t9-,10+,11-,12-,14+,15-/m0/s1. The second-order valence-electron chi connectivity index (χ2n) is 6.73. The maximum absolute atomic E-state index is 12.0. The van der Waals surface area contributed by atoms with E-state index in [4.69, 9.17) is 19.2 Å². The first-order valence-corrected chi connectivity index (χ1v) is 7.71. The first-order valence-electron chi connectivity index (χ1n) is 7.71. The molecule has 4 saturated heterocycles. The van der Waals surface area contributed by atoms with Gasteiger partial charge in [0.25, 0.3) is 0 Å². The van der Waals surface area contributed by atoms with Crippen LogP contribution >= 0.6 is 0 Å². The molecular weight excluding hydrogens is 260 g/mol. The summed E-state index contributed by atoms with van der Waals surface area (Å²) >= 11 is 0. The van der Waals surface area contributed by atoms with Crippen molar-refractivity contribution < 1.29 is 24.0 Å². The number of carbonyl (C=O) groups is 1. The van der Waals surface area contributed by atoms with Crippen LogP contribution in [0.2, 0.25) is 0 Å². The van der Waals surface area contributed by atoms with Crippen LogP contribution < -0.4 is 0 Å². The highest BCUT2D eigenvalue weighted by atomic mass is 17.3. The van der Waals surface area contributed by atoms with Crippen LogP contribution in [0.5, 0.6) is 0 Å². The molecule has 0 aromatic rings.